The summed E-state index contributed by atoms with van der Waals surface area (Å²) in [5.74, 6) is 35.8. The number of hydrogen-bond acceptors (Lipinski definition) is 13. The number of benzene rings is 1. The molecule has 1 aromatic rings. The Morgan fingerprint density at radius 2 is 0.778 bits per heavy atom. The van der Waals surface area contributed by atoms with Crippen molar-refractivity contribution >= 4 is 108 Å². The summed E-state index contributed by atoms with van der Waals surface area (Å²) in [5, 5.41) is 0. The average molecular weight is 1560 g/mol. The Balaban J connectivity index is 0.000000294. The van der Waals surface area contributed by atoms with Gasteiger partial charge in [0.2, 0.25) is 0 Å². The van der Waals surface area contributed by atoms with Crippen LogP contribution in [0.15, 0.2) is 52.1 Å². The van der Waals surface area contributed by atoms with Crippen LogP contribution < -0.4 is 0 Å². The molecule has 9 aliphatic heterocycles. The van der Waals surface area contributed by atoms with Gasteiger partial charge in [-0.2, -0.15) is 22.2 Å². The maximum absolute atomic E-state index is 13.7. The second-order valence-corrected chi connectivity index (χ2v) is 54.2. The molecule has 0 amide bonds. The lowest BCUT2D eigenvalue weighted by atomic mass is 9.85. The summed E-state index contributed by atoms with van der Waals surface area (Å²) in [6.45, 7) is 29.2. The SMILES string of the molecule is C=S1(=O)CCC(C)CC1.C=S1(=O)CCC(C)CC1.C=S1CCC(C)CC1.CC1CCS(=O)(=NC(C)C)CC1.CC1CCS(=O)(=NC2CCC(C)(F)CC2)CC1.CC1CCS(=O)(=NCc2ccccc2)CC1.CC1CCSCC1.CCN=S1(=O)CCC(C)CC1.CN=S1(=O)CCC(C)CC1. The molecule has 11 rings (SSSR count). The largest absolute Gasteiger partial charge is 0.268 e. The van der Waals surface area contributed by atoms with Gasteiger partial charge in [0.25, 0.3) is 0 Å². The zero-order chi connectivity index (χ0) is 74.0. The Morgan fingerprint density at radius 1 is 0.465 bits per heavy atom. The molecule has 0 N–H and O–H groups in total. The minimum absolute atomic E-state index is 0.153. The number of nitrogens with zero attached hydrogens (tertiary/aromatic N) is 5. The van der Waals surface area contributed by atoms with E-state index in [0.29, 0.717) is 42.3 Å². The van der Waals surface area contributed by atoms with Crippen LogP contribution in [-0.4, -0.2) is 182 Å². The monoisotopic (exact) mass is 1560 g/mol. The predicted octanol–water partition coefficient (Wildman–Crippen LogP) is 18.9. The minimum atomic E-state index is -1.96. The molecule has 1 saturated carbocycles. The third-order valence-electron chi connectivity index (χ3n) is 21.3. The molecule has 0 radical (unpaired) electrons. The first kappa shape index (κ1) is 92.7. The Bertz CT molecular complexity index is 3220. The van der Waals surface area contributed by atoms with Crippen molar-refractivity contribution in [3.8, 4) is 0 Å². The molecular formula is C77H148FN5O7S9. The van der Waals surface area contributed by atoms with Gasteiger partial charge in [0.15, 0.2) is 0 Å². The summed E-state index contributed by atoms with van der Waals surface area (Å²) in [6, 6.07) is 10.5. The Kier molecular flexibility index (Phi) is 43.7. The first-order valence-electron chi connectivity index (χ1n) is 38.6. The second-order valence-electron chi connectivity index (χ2n) is 32.3. The Morgan fingerprint density at radius 3 is 1.09 bits per heavy atom. The lowest BCUT2D eigenvalue weighted by molar-refractivity contribution is 0.121. The van der Waals surface area contributed by atoms with E-state index in [4.69, 9.17) is 0 Å². The lowest BCUT2D eigenvalue weighted by Crippen LogP contribution is -2.30. The fourth-order valence-corrected chi connectivity index (χ4v) is 31.8. The van der Waals surface area contributed by atoms with Crippen LogP contribution in [0, 0.1) is 53.3 Å². The summed E-state index contributed by atoms with van der Waals surface area (Å²) in [4.78, 5) is 0. The highest BCUT2D eigenvalue weighted by Gasteiger charge is 2.32. The van der Waals surface area contributed by atoms with Crippen molar-refractivity contribution in [2.75, 3.05) is 117 Å². The highest BCUT2D eigenvalue weighted by molar-refractivity contribution is 8.14. The van der Waals surface area contributed by atoms with E-state index in [1.54, 1.807) is 14.0 Å². The summed E-state index contributed by atoms with van der Waals surface area (Å²) in [6.07, 6.45) is 23.7. The third-order valence-corrected chi connectivity index (χ3v) is 40.1. The maximum Gasteiger partial charge on any atom is 0.108 e. The number of halogens is 1. The van der Waals surface area contributed by atoms with E-state index in [9.17, 15) is 33.9 Å². The smallest absolute Gasteiger partial charge is 0.108 e. The molecule has 0 aromatic heterocycles. The van der Waals surface area contributed by atoms with Gasteiger partial charge in [0.1, 0.15) is 5.67 Å². The van der Waals surface area contributed by atoms with E-state index in [0.717, 1.165) is 236 Å². The van der Waals surface area contributed by atoms with Gasteiger partial charge >= 0.3 is 0 Å². The van der Waals surface area contributed by atoms with Crippen molar-refractivity contribution in [2.45, 2.75) is 256 Å². The number of alkyl halides is 1. The van der Waals surface area contributed by atoms with Gasteiger partial charge in [-0.1, -0.05) is 98.5 Å². The maximum atomic E-state index is 13.7. The average Bonchev–Trinajstić information content (AvgIpc) is 0.847. The number of hydrogen-bond donors (Lipinski definition) is 0. The second kappa shape index (κ2) is 46.7. The summed E-state index contributed by atoms with van der Waals surface area (Å²) >= 11 is 2.10. The quantitative estimate of drug-likeness (QED) is 0.261. The third kappa shape index (κ3) is 42.6. The lowest BCUT2D eigenvalue weighted by Gasteiger charge is -2.30. The topological polar surface area (TPSA) is 181 Å². The van der Waals surface area contributed by atoms with Crippen LogP contribution in [0.2, 0.25) is 0 Å². The van der Waals surface area contributed by atoms with Crippen molar-refractivity contribution in [3.05, 3.63) is 35.9 Å². The van der Waals surface area contributed by atoms with E-state index < -0.39 is 73.4 Å². The van der Waals surface area contributed by atoms with Gasteiger partial charge < -0.3 is 0 Å². The van der Waals surface area contributed by atoms with Gasteiger partial charge in [0, 0.05) is 143 Å². The van der Waals surface area contributed by atoms with Crippen LogP contribution in [0.25, 0.3) is 0 Å². The van der Waals surface area contributed by atoms with Crippen molar-refractivity contribution < 1.29 is 33.9 Å². The van der Waals surface area contributed by atoms with Gasteiger partial charge in [-0.25, -0.2) is 47.2 Å². The molecule has 0 spiro atoms. The highest BCUT2D eigenvalue weighted by Crippen LogP contribution is 2.34. The predicted molar refractivity (Wildman–Crippen MR) is 452 cm³/mol. The van der Waals surface area contributed by atoms with Crippen LogP contribution in [0.3, 0.4) is 0 Å². The summed E-state index contributed by atoms with van der Waals surface area (Å²) in [7, 11) is -10.1. The molecule has 9 saturated heterocycles. The van der Waals surface area contributed by atoms with Crippen LogP contribution >= 0.6 is 22.2 Å². The van der Waals surface area contributed by atoms with Crippen molar-refractivity contribution in [1.82, 2.24) is 0 Å². The Hall–Kier alpha value is -0.490. The molecule has 10 fully saturated rings. The van der Waals surface area contributed by atoms with E-state index in [-0.39, 0.29) is 12.1 Å². The van der Waals surface area contributed by atoms with E-state index >= 15 is 0 Å². The standard InChI is InChI=1S/C13H24FNOS.C13H19NOS.C9H19NOS.C8H17NOS.C7H15NOS.2C7H14OS.C7H14S.C6H12S/c1-11-5-9-17(16,10-6-11)15-12-3-7-13(2,14)8-4-12;1-12-7-9-16(15,10-8-12)14-11-13-5-3-2-4-6-13;1-8(2)10-12(11)6-4-9(3)5-7-12;1-3-9-11(10)6-4-8(2)5-7-11;1-7-3-5-10(9,8-2)6-4-7;2*1-7-3-5-9(2,8)6-4-7;1-7-3-5-8(2)6-4-7;1-6-2-4-7-5-3-6/h11-12H,3-10H2,1-2H3;2-6,12H,7-11H2,1H3;8-9H,4-7H2,1-3H3;8H,3-7H2,1-2H3;7H,3-6H2,1-2H3;2*7H,2-6H2,1H3;7H,2-6H2,1H3;6H,2-5H2,1H3. The van der Waals surface area contributed by atoms with E-state index in [2.05, 4.69) is 114 Å². The molecule has 0 unspecified atom stereocenters. The zero-order valence-electron chi connectivity index (χ0n) is 65.2. The van der Waals surface area contributed by atoms with Crippen LogP contribution in [-0.2, 0) is 74.2 Å². The Labute approximate surface area is 619 Å². The van der Waals surface area contributed by atoms with Gasteiger partial charge in [0.05, 0.1) is 18.6 Å². The number of rotatable bonds is 5. The van der Waals surface area contributed by atoms with Crippen LogP contribution in [0.1, 0.15) is 237 Å². The minimum Gasteiger partial charge on any atom is -0.268 e. The van der Waals surface area contributed by atoms with Crippen LogP contribution in [0.4, 0.5) is 4.39 Å². The van der Waals surface area contributed by atoms with Crippen molar-refractivity contribution in [1.29, 1.82) is 0 Å². The fourth-order valence-electron chi connectivity index (χ4n) is 12.7. The zero-order valence-corrected chi connectivity index (χ0v) is 72.6. The molecule has 10 aliphatic rings. The van der Waals surface area contributed by atoms with Crippen LogP contribution in [0.5, 0.6) is 0 Å². The highest BCUT2D eigenvalue weighted by atomic mass is 32.2. The molecule has 12 nitrogen and oxygen atoms in total. The normalized spacial score (nSPS) is 39.1. The molecule has 22 heteroatoms. The molecule has 9 heterocycles. The van der Waals surface area contributed by atoms with Gasteiger partial charge in [-0.3, -0.25) is 8.42 Å². The van der Waals surface area contributed by atoms with Crippen molar-refractivity contribution in [3.63, 3.8) is 0 Å². The van der Waals surface area contributed by atoms with E-state index in [1.807, 2.05) is 51.1 Å². The van der Waals surface area contributed by atoms with Gasteiger partial charge in [-0.15, -0.1) is 0 Å². The first-order valence-corrected chi connectivity index (χ1v) is 54.9. The molecule has 0 atom stereocenters. The molecule has 0 bridgehead atoms. The number of thioether (sulfide) groups is 1. The van der Waals surface area contributed by atoms with E-state index in [1.165, 1.54) is 48.7 Å². The summed E-state index contributed by atoms with van der Waals surface area (Å²) in [5.41, 5.74) is 0.141. The molecule has 99 heavy (non-hydrogen) atoms. The molecule has 584 valence electrons. The molecular weight excluding hydrogens is 1410 g/mol. The van der Waals surface area contributed by atoms with Crippen molar-refractivity contribution in [2.24, 2.45) is 75.1 Å². The molecule has 1 aliphatic carbocycles. The fraction of sp³-hybridized carbons (Fsp3) is 0.883. The first-order chi connectivity index (χ1) is 46.3. The molecule has 1 aromatic carbocycles. The van der Waals surface area contributed by atoms with Gasteiger partial charge in [-0.05, 0) is 282 Å². The summed E-state index contributed by atoms with van der Waals surface area (Å²) < 4.78 is 118.